The van der Waals surface area contributed by atoms with Gasteiger partial charge in [-0.25, -0.2) is 0 Å². The van der Waals surface area contributed by atoms with Crippen LogP contribution in [0.15, 0.2) is 48.7 Å². The molecule has 2 heterocycles. The molecule has 3 aromatic carbocycles. The van der Waals surface area contributed by atoms with Crippen LogP contribution in [0.3, 0.4) is 0 Å². The molecule has 0 N–H and O–H groups in total. The Balaban J connectivity index is 1.78. The summed E-state index contributed by atoms with van der Waals surface area (Å²) in [7, 11) is 0. The highest BCUT2D eigenvalue weighted by Crippen LogP contribution is 2.47. The number of rotatable bonds is 1. The normalized spacial score (nSPS) is 12.9. The highest BCUT2D eigenvalue weighted by atomic mass is 16.5. The van der Waals surface area contributed by atoms with Crippen LogP contribution in [0.25, 0.3) is 32.8 Å². The van der Waals surface area contributed by atoms with Gasteiger partial charge in [-0.15, -0.1) is 0 Å². The first-order chi connectivity index (χ1) is 13.3. The number of aromatic nitrogens is 1. The van der Waals surface area contributed by atoms with E-state index in [1.54, 1.807) is 0 Å². The molecule has 4 aromatic rings. The second kappa shape index (κ2) is 5.81. The predicted octanol–water partition coefficient (Wildman–Crippen LogP) is 7.37. The first-order valence-corrected chi connectivity index (χ1v) is 9.93. The Labute approximate surface area is 166 Å². The number of nitrogens with zero attached hydrogens (tertiary/aromatic N) is 1. The summed E-state index contributed by atoms with van der Waals surface area (Å²) in [5.74, 6) is 1.83. The van der Waals surface area contributed by atoms with E-state index in [1.165, 1.54) is 32.8 Å². The fourth-order valence-corrected chi connectivity index (χ4v) is 4.49. The predicted molar refractivity (Wildman–Crippen MR) is 117 cm³/mol. The van der Waals surface area contributed by atoms with Gasteiger partial charge in [0.2, 0.25) is 0 Å². The van der Waals surface area contributed by atoms with E-state index in [0.29, 0.717) is 0 Å². The second-order valence-corrected chi connectivity index (χ2v) is 9.34. The molecule has 0 spiro atoms. The summed E-state index contributed by atoms with van der Waals surface area (Å²) in [5, 5.41) is 4.81. The van der Waals surface area contributed by atoms with Crippen LogP contribution in [0.4, 0.5) is 0 Å². The molecule has 2 heteroatoms. The van der Waals surface area contributed by atoms with Crippen LogP contribution in [0.1, 0.15) is 37.5 Å². The Morgan fingerprint density at radius 2 is 1.71 bits per heavy atom. The summed E-state index contributed by atoms with van der Waals surface area (Å²) in [6.45, 7) is 11.1. The molecule has 28 heavy (non-hydrogen) atoms. The van der Waals surface area contributed by atoms with Gasteiger partial charge in [-0.1, -0.05) is 44.5 Å². The first-order valence-electron chi connectivity index (χ1n) is 9.93. The molecule has 0 bridgehead atoms. The van der Waals surface area contributed by atoms with Gasteiger partial charge in [0.25, 0.3) is 0 Å². The third-order valence-electron chi connectivity index (χ3n) is 5.50. The molecule has 0 amide bonds. The van der Waals surface area contributed by atoms with Gasteiger partial charge in [-0.05, 0) is 77.2 Å². The first kappa shape index (κ1) is 17.2. The fourth-order valence-electron chi connectivity index (χ4n) is 4.49. The van der Waals surface area contributed by atoms with Crippen molar-refractivity contribution in [3.8, 4) is 22.8 Å². The molecule has 1 aliphatic rings. The van der Waals surface area contributed by atoms with Crippen molar-refractivity contribution in [1.29, 1.82) is 0 Å². The minimum Gasteiger partial charge on any atom is -0.456 e. The van der Waals surface area contributed by atoms with Crippen LogP contribution < -0.4 is 4.74 Å². The summed E-state index contributed by atoms with van der Waals surface area (Å²) in [6.07, 6.45) is 2.93. The quantitative estimate of drug-likeness (QED) is 0.309. The van der Waals surface area contributed by atoms with Crippen molar-refractivity contribution in [2.24, 2.45) is 5.41 Å². The molecular weight excluding hydrogens is 342 g/mol. The molecule has 2 nitrogen and oxygen atoms in total. The second-order valence-electron chi connectivity index (χ2n) is 9.34. The molecule has 140 valence electrons. The summed E-state index contributed by atoms with van der Waals surface area (Å²) in [4.78, 5) is 4.75. The van der Waals surface area contributed by atoms with E-state index >= 15 is 0 Å². The van der Waals surface area contributed by atoms with Crippen molar-refractivity contribution in [1.82, 2.24) is 4.98 Å². The molecule has 1 aromatic heterocycles. The van der Waals surface area contributed by atoms with Gasteiger partial charge in [0.15, 0.2) is 0 Å². The van der Waals surface area contributed by atoms with Crippen molar-refractivity contribution in [3.63, 3.8) is 0 Å². The van der Waals surface area contributed by atoms with Crippen molar-refractivity contribution < 1.29 is 4.74 Å². The number of ether oxygens (including phenoxy) is 1. The lowest BCUT2D eigenvalue weighted by molar-refractivity contribution is 0.410. The number of aryl methyl sites for hydroxylation is 2. The van der Waals surface area contributed by atoms with E-state index in [4.69, 9.17) is 9.72 Å². The Morgan fingerprint density at radius 3 is 2.50 bits per heavy atom. The van der Waals surface area contributed by atoms with Crippen LogP contribution in [0.2, 0.25) is 0 Å². The maximum Gasteiger partial charge on any atom is 0.137 e. The lowest BCUT2D eigenvalue weighted by Gasteiger charge is -2.24. The maximum absolute atomic E-state index is 6.46. The number of fused-ring (bicyclic) bond motifs is 3. The molecular formula is C26H25NO. The van der Waals surface area contributed by atoms with Crippen LogP contribution >= 0.6 is 0 Å². The Kier molecular flexibility index (Phi) is 3.58. The van der Waals surface area contributed by atoms with Gasteiger partial charge in [0, 0.05) is 11.8 Å². The lowest BCUT2D eigenvalue weighted by Crippen LogP contribution is -2.09. The van der Waals surface area contributed by atoms with Gasteiger partial charge in [-0.2, -0.15) is 0 Å². The van der Waals surface area contributed by atoms with Crippen molar-refractivity contribution in [2.45, 2.75) is 41.0 Å². The molecule has 0 saturated heterocycles. The molecule has 0 atom stereocenters. The van der Waals surface area contributed by atoms with Gasteiger partial charge >= 0.3 is 0 Å². The van der Waals surface area contributed by atoms with E-state index < -0.39 is 0 Å². The van der Waals surface area contributed by atoms with Crippen molar-refractivity contribution in [3.05, 3.63) is 65.4 Å². The summed E-state index contributed by atoms with van der Waals surface area (Å²) in [5.41, 5.74) is 6.20. The largest absolute Gasteiger partial charge is 0.456 e. The maximum atomic E-state index is 6.46. The summed E-state index contributed by atoms with van der Waals surface area (Å²) < 4.78 is 6.46. The summed E-state index contributed by atoms with van der Waals surface area (Å²) in [6, 6.07) is 15.5. The number of hydrogen-bond donors (Lipinski definition) is 0. The van der Waals surface area contributed by atoms with Crippen molar-refractivity contribution in [2.75, 3.05) is 0 Å². The molecule has 0 unspecified atom stereocenters. The molecule has 5 rings (SSSR count). The standard InChI is InChI=1S/C26H25NO/c1-15-8-16(2)20-13-22-21(12-19(20)9-15)25-24-18(6-7-27-25)10-17(11-23(24)28-22)14-26(3,4)5/h6-13H,14H2,1-5H3. The van der Waals surface area contributed by atoms with Gasteiger partial charge in [0.1, 0.15) is 11.5 Å². The zero-order valence-corrected chi connectivity index (χ0v) is 17.2. The van der Waals surface area contributed by atoms with Gasteiger partial charge < -0.3 is 4.74 Å². The van der Waals surface area contributed by atoms with Crippen LogP contribution in [0.5, 0.6) is 11.5 Å². The third kappa shape index (κ3) is 2.75. The van der Waals surface area contributed by atoms with Crippen LogP contribution in [-0.2, 0) is 6.42 Å². The lowest BCUT2D eigenvalue weighted by atomic mass is 9.86. The molecule has 0 saturated carbocycles. The van der Waals surface area contributed by atoms with Crippen LogP contribution in [0, 0.1) is 19.3 Å². The van der Waals surface area contributed by atoms with E-state index in [9.17, 15) is 0 Å². The minimum absolute atomic E-state index is 0.230. The zero-order chi connectivity index (χ0) is 19.6. The number of pyridine rings is 1. The van der Waals surface area contributed by atoms with Gasteiger partial charge in [0.05, 0.1) is 11.1 Å². The third-order valence-corrected chi connectivity index (χ3v) is 5.50. The topological polar surface area (TPSA) is 22.1 Å². The van der Waals surface area contributed by atoms with E-state index in [2.05, 4.69) is 77.1 Å². The number of hydrogen-bond acceptors (Lipinski definition) is 2. The fraction of sp³-hybridized carbons (Fsp3) is 0.269. The monoisotopic (exact) mass is 367 g/mol. The Morgan fingerprint density at radius 1 is 0.893 bits per heavy atom. The smallest absolute Gasteiger partial charge is 0.137 e. The summed E-state index contributed by atoms with van der Waals surface area (Å²) >= 11 is 0. The van der Waals surface area contributed by atoms with E-state index in [1.807, 2.05) is 6.20 Å². The molecule has 0 fully saturated rings. The number of benzene rings is 3. The average molecular weight is 367 g/mol. The molecule has 0 radical (unpaired) electrons. The van der Waals surface area contributed by atoms with E-state index in [-0.39, 0.29) is 5.41 Å². The minimum atomic E-state index is 0.230. The Bertz CT molecular complexity index is 1260. The van der Waals surface area contributed by atoms with Gasteiger partial charge in [-0.3, -0.25) is 4.98 Å². The highest BCUT2D eigenvalue weighted by Gasteiger charge is 2.23. The molecule has 0 aliphatic carbocycles. The zero-order valence-electron chi connectivity index (χ0n) is 17.2. The van der Waals surface area contributed by atoms with E-state index in [0.717, 1.165) is 34.6 Å². The molecule has 1 aliphatic heterocycles. The van der Waals surface area contributed by atoms with Crippen LogP contribution in [-0.4, -0.2) is 4.98 Å². The van der Waals surface area contributed by atoms with Crippen molar-refractivity contribution >= 4 is 21.5 Å². The Hall–Kier alpha value is -2.87. The average Bonchev–Trinajstić information content (AvgIpc) is 2.59. The SMILES string of the molecule is Cc1cc(C)c2cc3c(cc2c1)-c1nccc2cc(CC(C)(C)C)cc(c12)O3. The highest BCUT2D eigenvalue weighted by molar-refractivity contribution is 6.05.